The summed E-state index contributed by atoms with van der Waals surface area (Å²) in [5.41, 5.74) is 0.624. The molecule has 0 aliphatic rings. The molecule has 106 valence electrons. The lowest BCUT2D eigenvalue weighted by Gasteiger charge is -2.19. The van der Waals surface area contributed by atoms with E-state index in [1.807, 2.05) is 0 Å². The van der Waals surface area contributed by atoms with E-state index >= 15 is 0 Å². The summed E-state index contributed by atoms with van der Waals surface area (Å²) < 4.78 is 32.8. The molecule has 2 rings (SSSR count). The van der Waals surface area contributed by atoms with Crippen molar-refractivity contribution in [3.8, 4) is 5.75 Å². The second kappa shape index (κ2) is 6.20. The maximum Gasteiger partial charge on any atom is 0.137 e. The molecule has 0 spiro atoms. The highest BCUT2D eigenvalue weighted by molar-refractivity contribution is 6.32. The van der Waals surface area contributed by atoms with Crippen LogP contribution in [-0.2, 0) is 0 Å². The average molecular weight is 298 g/mol. The van der Waals surface area contributed by atoms with Gasteiger partial charge < -0.3 is 10.1 Å². The molecule has 0 bridgehead atoms. The zero-order valence-corrected chi connectivity index (χ0v) is 11.8. The van der Waals surface area contributed by atoms with Crippen LogP contribution < -0.4 is 10.1 Å². The van der Waals surface area contributed by atoms with Crippen molar-refractivity contribution < 1.29 is 13.5 Å². The third-order valence-corrected chi connectivity index (χ3v) is 3.38. The molecule has 1 unspecified atom stereocenters. The minimum Gasteiger partial charge on any atom is -0.495 e. The number of hydrogen-bond acceptors (Lipinski definition) is 2. The summed E-state index contributed by atoms with van der Waals surface area (Å²) in [6, 6.07) is 8.19. The van der Waals surface area contributed by atoms with Gasteiger partial charge in [-0.25, -0.2) is 8.78 Å². The van der Waals surface area contributed by atoms with Crippen LogP contribution in [0, 0.1) is 11.6 Å². The van der Waals surface area contributed by atoms with Gasteiger partial charge in [-0.15, -0.1) is 0 Å². The first-order valence-electron chi connectivity index (χ1n) is 6.03. The van der Waals surface area contributed by atoms with E-state index in [0.29, 0.717) is 16.3 Å². The lowest BCUT2D eigenvalue weighted by molar-refractivity contribution is 0.414. The van der Waals surface area contributed by atoms with Gasteiger partial charge in [0.2, 0.25) is 0 Å². The highest BCUT2D eigenvalue weighted by atomic mass is 35.5. The van der Waals surface area contributed by atoms with Crippen LogP contribution in [0.25, 0.3) is 0 Å². The molecule has 0 radical (unpaired) electrons. The van der Waals surface area contributed by atoms with Gasteiger partial charge in [0.25, 0.3) is 0 Å². The van der Waals surface area contributed by atoms with Crippen LogP contribution >= 0.6 is 11.6 Å². The Labute approximate surface area is 121 Å². The number of nitrogens with one attached hydrogen (secondary N) is 1. The fourth-order valence-corrected chi connectivity index (χ4v) is 2.39. The SMILES string of the molecule is CNC(c1ccc(OC)c(Cl)c1)c1c(F)cccc1F. The molecule has 2 nitrogen and oxygen atoms in total. The number of hydrogen-bond donors (Lipinski definition) is 1. The van der Waals surface area contributed by atoms with Gasteiger partial charge in [0.1, 0.15) is 17.4 Å². The van der Waals surface area contributed by atoms with Crippen molar-refractivity contribution >= 4 is 11.6 Å². The summed E-state index contributed by atoms with van der Waals surface area (Å²) in [5, 5.41) is 3.29. The zero-order valence-electron chi connectivity index (χ0n) is 11.1. The van der Waals surface area contributed by atoms with Crippen LogP contribution in [0.3, 0.4) is 0 Å². The number of rotatable bonds is 4. The largest absolute Gasteiger partial charge is 0.495 e. The molecule has 0 amide bonds. The van der Waals surface area contributed by atoms with Crippen molar-refractivity contribution in [3.05, 3.63) is 64.2 Å². The minimum atomic E-state index is -0.625. The van der Waals surface area contributed by atoms with Gasteiger partial charge in [-0.1, -0.05) is 23.7 Å². The second-order valence-electron chi connectivity index (χ2n) is 4.25. The number of benzene rings is 2. The van der Waals surface area contributed by atoms with Crippen molar-refractivity contribution in [2.24, 2.45) is 0 Å². The molecule has 5 heteroatoms. The first kappa shape index (κ1) is 14.8. The van der Waals surface area contributed by atoms with Crippen LogP contribution in [0.1, 0.15) is 17.2 Å². The quantitative estimate of drug-likeness (QED) is 0.923. The van der Waals surface area contributed by atoms with E-state index in [4.69, 9.17) is 16.3 Å². The minimum absolute atomic E-state index is 0.0313. The molecule has 2 aromatic rings. The molecular formula is C15H14ClF2NO. The number of ether oxygens (including phenoxy) is 1. The van der Waals surface area contributed by atoms with Gasteiger partial charge in [0.15, 0.2) is 0 Å². The van der Waals surface area contributed by atoms with E-state index in [9.17, 15) is 8.78 Å². The summed E-state index contributed by atoms with van der Waals surface area (Å²) in [7, 11) is 3.14. The average Bonchev–Trinajstić information content (AvgIpc) is 2.43. The Morgan fingerprint density at radius 1 is 1.15 bits per heavy atom. The van der Waals surface area contributed by atoms with Crippen molar-refractivity contribution in [1.29, 1.82) is 0 Å². The molecule has 0 saturated heterocycles. The van der Waals surface area contributed by atoms with Crippen LogP contribution in [0.4, 0.5) is 8.78 Å². The molecule has 0 aromatic heterocycles. The summed E-state index contributed by atoms with van der Waals surface area (Å²) in [5.74, 6) is -0.688. The predicted octanol–water partition coefficient (Wildman–Crippen LogP) is 3.94. The lowest BCUT2D eigenvalue weighted by Crippen LogP contribution is -2.20. The van der Waals surface area contributed by atoms with Crippen LogP contribution in [-0.4, -0.2) is 14.2 Å². The first-order valence-corrected chi connectivity index (χ1v) is 6.41. The molecular weight excluding hydrogens is 284 g/mol. The molecule has 0 aliphatic heterocycles. The monoisotopic (exact) mass is 297 g/mol. The maximum atomic E-state index is 13.9. The van der Waals surface area contributed by atoms with Crippen molar-refractivity contribution in [1.82, 2.24) is 5.32 Å². The molecule has 0 saturated carbocycles. The second-order valence-corrected chi connectivity index (χ2v) is 4.66. The van der Waals surface area contributed by atoms with E-state index in [0.717, 1.165) is 0 Å². The topological polar surface area (TPSA) is 21.3 Å². The Bertz CT molecular complexity index is 599. The van der Waals surface area contributed by atoms with Crippen molar-refractivity contribution in [2.75, 3.05) is 14.2 Å². The molecule has 0 aliphatic carbocycles. The summed E-state index contributed by atoms with van der Waals surface area (Å²) in [6.07, 6.45) is 0. The van der Waals surface area contributed by atoms with Crippen LogP contribution in [0.5, 0.6) is 5.75 Å². The molecule has 1 N–H and O–H groups in total. The molecule has 20 heavy (non-hydrogen) atoms. The standard InChI is InChI=1S/C15H14ClF2NO/c1-19-15(14-11(17)4-3-5-12(14)18)9-6-7-13(20-2)10(16)8-9/h3-8,15,19H,1-2H3. The Morgan fingerprint density at radius 2 is 1.80 bits per heavy atom. The fourth-order valence-electron chi connectivity index (χ4n) is 2.13. The summed E-state index contributed by atoms with van der Waals surface area (Å²) >= 11 is 6.06. The number of methoxy groups -OCH3 is 1. The van der Waals surface area contributed by atoms with E-state index in [2.05, 4.69) is 5.32 Å². The van der Waals surface area contributed by atoms with Gasteiger partial charge in [0.05, 0.1) is 18.2 Å². The fraction of sp³-hybridized carbons (Fsp3) is 0.200. The van der Waals surface area contributed by atoms with Crippen molar-refractivity contribution in [3.63, 3.8) is 0 Å². The van der Waals surface area contributed by atoms with E-state index in [1.165, 1.54) is 25.3 Å². The normalized spacial score (nSPS) is 12.2. The highest BCUT2D eigenvalue weighted by Crippen LogP contribution is 2.32. The highest BCUT2D eigenvalue weighted by Gasteiger charge is 2.21. The van der Waals surface area contributed by atoms with Crippen LogP contribution in [0.15, 0.2) is 36.4 Å². The Hall–Kier alpha value is -1.65. The van der Waals surface area contributed by atoms with E-state index in [-0.39, 0.29) is 5.56 Å². The molecule has 2 aromatic carbocycles. The molecule has 1 atom stereocenters. The molecule has 0 fully saturated rings. The lowest BCUT2D eigenvalue weighted by atomic mass is 9.97. The van der Waals surface area contributed by atoms with E-state index in [1.54, 1.807) is 25.2 Å². The van der Waals surface area contributed by atoms with Gasteiger partial charge in [-0.05, 0) is 36.9 Å². The summed E-state index contributed by atoms with van der Waals surface area (Å²) in [4.78, 5) is 0. The Kier molecular flexibility index (Phi) is 4.57. The Morgan fingerprint density at radius 3 is 2.30 bits per heavy atom. The zero-order chi connectivity index (χ0) is 14.7. The van der Waals surface area contributed by atoms with Gasteiger partial charge in [-0.3, -0.25) is 0 Å². The third-order valence-electron chi connectivity index (χ3n) is 3.09. The van der Waals surface area contributed by atoms with Gasteiger partial charge >= 0.3 is 0 Å². The van der Waals surface area contributed by atoms with Crippen molar-refractivity contribution in [2.45, 2.75) is 6.04 Å². The third kappa shape index (κ3) is 2.76. The van der Waals surface area contributed by atoms with Gasteiger partial charge in [0, 0.05) is 5.56 Å². The van der Waals surface area contributed by atoms with Gasteiger partial charge in [-0.2, -0.15) is 0 Å². The maximum absolute atomic E-state index is 13.9. The number of halogens is 3. The predicted molar refractivity (Wildman–Crippen MR) is 75.3 cm³/mol. The van der Waals surface area contributed by atoms with E-state index < -0.39 is 17.7 Å². The summed E-state index contributed by atoms with van der Waals surface area (Å²) in [6.45, 7) is 0. The smallest absolute Gasteiger partial charge is 0.137 e. The first-order chi connectivity index (χ1) is 9.58. The van der Waals surface area contributed by atoms with Crippen LogP contribution in [0.2, 0.25) is 5.02 Å². The Balaban J connectivity index is 2.50. The molecule has 0 heterocycles.